The number of fused-ring (bicyclic) bond motifs is 1. The van der Waals surface area contributed by atoms with Crippen LogP contribution in [0.5, 0.6) is 0 Å². The van der Waals surface area contributed by atoms with Crippen LogP contribution in [0.25, 0.3) is 0 Å². The van der Waals surface area contributed by atoms with Crippen molar-refractivity contribution < 1.29 is 24.1 Å². The molecule has 10 heteroatoms. The van der Waals surface area contributed by atoms with Gasteiger partial charge in [0.25, 0.3) is 5.85 Å². The highest BCUT2D eigenvalue weighted by molar-refractivity contribution is 6.50. The first-order chi connectivity index (χ1) is 10.00. The Balaban J connectivity index is 1.96. The second-order valence-corrected chi connectivity index (χ2v) is 4.74. The fourth-order valence-corrected chi connectivity index (χ4v) is 2.30. The second kappa shape index (κ2) is 5.00. The van der Waals surface area contributed by atoms with E-state index in [1.54, 1.807) is 0 Å². The van der Waals surface area contributed by atoms with E-state index in [0.717, 1.165) is 0 Å². The Morgan fingerprint density at radius 3 is 2.95 bits per heavy atom. The van der Waals surface area contributed by atoms with Crippen molar-refractivity contribution in [2.75, 3.05) is 13.7 Å². The summed E-state index contributed by atoms with van der Waals surface area (Å²) in [5.74, 6) is -1.59. The molecule has 0 bridgehead atoms. The largest absolute Gasteiger partial charge is 0.394 e. The SMILES string of the molecule is COC1(N)N=C([C@@H]2O[C@H](CO)[C@@H](O)[C@@H]2F)N=C2N=CN=C21. The first-order valence-electron chi connectivity index (χ1n) is 6.22. The zero-order valence-electron chi connectivity index (χ0n) is 11.0. The van der Waals surface area contributed by atoms with Gasteiger partial charge in [0, 0.05) is 7.11 Å². The maximum absolute atomic E-state index is 14.1. The van der Waals surface area contributed by atoms with Crippen LogP contribution >= 0.6 is 0 Å². The highest BCUT2D eigenvalue weighted by atomic mass is 19.1. The highest BCUT2D eigenvalue weighted by Gasteiger charge is 2.49. The van der Waals surface area contributed by atoms with Crippen molar-refractivity contribution in [3.8, 4) is 0 Å². The molecule has 21 heavy (non-hydrogen) atoms. The molecule has 5 atom stereocenters. The van der Waals surface area contributed by atoms with E-state index in [-0.39, 0.29) is 17.4 Å². The van der Waals surface area contributed by atoms with Gasteiger partial charge in [0.1, 0.15) is 18.5 Å². The summed E-state index contributed by atoms with van der Waals surface area (Å²) in [6, 6.07) is 0. The fourth-order valence-electron chi connectivity index (χ4n) is 2.30. The van der Waals surface area contributed by atoms with Crippen LogP contribution in [0.2, 0.25) is 0 Å². The zero-order valence-corrected chi connectivity index (χ0v) is 11.0. The van der Waals surface area contributed by atoms with Crippen molar-refractivity contribution in [2.24, 2.45) is 25.7 Å². The molecule has 0 spiro atoms. The molecule has 0 aliphatic carbocycles. The predicted octanol–water partition coefficient (Wildman–Crippen LogP) is -2.00. The lowest BCUT2D eigenvalue weighted by molar-refractivity contribution is -0.00860. The van der Waals surface area contributed by atoms with Gasteiger partial charge in [0.15, 0.2) is 29.7 Å². The van der Waals surface area contributed by atoms with Gasteiger partial charge < -0.3 is 19.7 Å². The minimum absolute atomic E-state index is 0.102. The van der Waals surface area contributed by atoms with Gasteiger partial charge in [0.05, 0.1) is 6.61 Å². The third-order valence-corrected chi connectivity index (χ3v) is 3.48. The van der Waals surface area contributed by atoms with Crippen LogP contribution in [0.3, 0.4) is 0 Å². The van der Waals surface area contributed by atoms with Gasteiger partial charge in [-0.15, -0.1) is 0 Å². The minimum atomic E-state index is -1.80. The number of ether oxygens (including phenoxy) is 2. The van der Waals surface area contributed by atoms with E-state index in [2.05, 4.69) is 20.0 Å². The van der Waals surface area contributed by atoms with Crippen LogP contribution in [-0.4, -0.2) is 78.0 Å². The maximum Gasteiger partial charge on any atom is 0.263 e. The van der Waals surface area contributed by atoms with E-state index in [0.29, 0.717) is 0 Å². The van der Waals surface area contributed by atoms with Crippen molar-refractivity contribution in [3.63, 3.8) is 0 Å². The molecule has 1 unspecified atom stereocenters. The van der Waals surface area contributed by atoms with Gasteiger partial charge in [-0.05, 0) is 0 Å². The fraction of sp³-hybridized carbons (Fsp3) is 0.636. The molecule has 114 valence electrons. The molecule has 0 saturated carbocycles. The van der Waals surface area contributed by atoms with Crippen molar-refractivity contribution in [3.05, 3.63) is 0 Å². The molecule has 3 aliphatic heterocycles. The summed E-state index contributed by atoms with van der Waals surface area (Å²) in [4.78, 5) is 15.9. The summed E-state index contributed by atoms with van der Waals surface area (Å²) in [5, 5.41) is 18.7. The average molecular weight is 299 g/mol. The molecule has 1 fully saturated rings. The van der Waals surface area contributed by atoms with Crippen LogP contribution in [-0.2, 0) is 9.47 Å². The number of amidine groups is 2. The molecule has 0 aromatic heterocycles. The Labute approximate surface area is 118 Å². The molecule has 3 rings (SSSR count). The Bertz CT molecular complexity index is 577. The monoisotopic (exact) mass is 299 g/mol. The van der Waals surface area contributed by atoms with Crippen molar-refractivity contribution in [1.29, 1.82) is 0 Å². The predicted molar refractivity (Wildman–Crippen MR) is 71.4 cm³/mol. The van der Waals surface area contributed by atoms with Crippen molar-refractivity contribution >= 4 is 23.7 Å². The quantitative estimate of drug-likeness (QED) is 0.518. The van der Waals surface area contributed by atoms with E-state index < -0.39 is 36.9 Å². The Hall–Kier alpha value is -1.59. The topological polar surface area (TPSA) is 134 Å². The van der Waals surface area contributed by atoms with E-state index in [1.807, 2.05) is 0 Å². The number of hydrogen-bond donors (Lipinski definition) is 3. The molecule has 3 aliphatic rings. The van der Waals surface area contributed by atoms with Crippen LogP contribution in [0, 0.1) is 0 Å². The molecule has 1 saturated heterocycles. The number of aliphatic hydroxyl groups excluding tert-OH is 2. The van der Waals surface area contributed by atoms with Crippen LogP contribution in [0.15, 0.2) is 20.0 Å². The summed E-state index contributed by atoms with van der Waals surface area (Å²) in [6.45, 7) is -0.523. The van der Waals surface area contributed by atoms with E-state index in [4.69, 9.17) is 20.3 Å². The van der Waals surface area contributed by atoms with Crippen LogP contribution in [0.4, 0.5) is 4.39 Å². The van der Waals surface area contributed by atoms with Crippen molar-refractivity contribution in [2.45, 2.75) is 30.3 Å². The number of rotatable bonds is 3. The van der Waals surface area contributed by atoms with Crippen LogP contribution in [0.1, 0.15) is 0 Å². The van der Waals surface area contributed by atoms with Gasteiger partial charge in [0.2, 0.25) is 0 Å². The number of methoxy groups -OCH3 is 1. The Morgan fingerprint density at radius 1 is 1.57 bits per heavy atom. The normalized spacial score (nSPS) is 41.7. The average Bonchev–Trinajstić information content (AvgIpc) is 3.06. The third-order valence-electron chi connectivity index (χ3n) is 3.48. The van der Waals surface area contributed by atoms with E-state index in [9.17, 15) is 9.50 Å². The Kier molecular flexibility index (Phi) is 3.42. The zero-order chi connectivity index (χ0) is 15.2. The van der Waals surface area contributed by atoms with E-state index in [1.165, 1.54) is 13.4 Å². The molecule has 0 amide bonds. The summed E-state index contributed by atoms with van der Waals surface area (Å²) < 4.78 is 24.5. The molecule has 0 aromatic rings. The van der Waals surface area contributed by atoms with Crippen molar-refractivity contribution in [1.82, 2.24) is 0 Å². The summed E-state index contributed by atoms with van der Waals surface area (Å²) in [5.41, 5.74) is 6.17. The minimum Gasteiger partial charge on any atom is -0.394 e. The Morgan fingerprint density at radius 2 is 2.33 bits per heavy atom. The van der Waals surface area contributed by atoms with E-state index >= 15 is 0 Å². The number of nitrogens with two attached hydrogens (primary N) is 1. The summed E-state index contributed by atoms with van der Waals surface area (Å²) >= 11 is 0. The van der Waals surface area contributed by atoms with Gasteiger partial charge in [-0.2, -0.15) is 0 Å². The first kappa shape index (κ1) is 14.4. The number of nitrogens with zero attached hydrogens (tertiary/aromatic N) is 4. The van der Waals surface area contributed by atoms with Gasteiger partial charge in [-0.25, -0.2) is 24.4 Å². The lowest BCUT2D eigenvalue weighted by Crippen LogP contribution is -2.54. The molecule has 9 nitrogen and oxygen atoms in total. The number of aliphatic hydroxyl groups is 2. The number of alkyl halides is 1. The lowest BCUT2D eigenvalue weighted by atomic mass is 10.1. The summed E-state index contributed by atoms with van der Waals surface area (Å²) in [7, 11) is 1.32. The first-order valence-corrected chi connectivity index (χ1v) is 6.22. The highest BCUT2D eigenvalue weighted by Crippen LogP contribution is 2.28. The van der Waals surface area contributed by atoms with Gasteiger partial charge in [-0.1, -0.05) is 0 Å². The summed E-state index contributed by atoms with van der Waals surface area (Å²) in [6.07, 6.45) is -4.35. The third kappa shape index (κ3) is 2.12. The number of aliphatic imine (C=N–C) groups is 4. The second-order valence-electron chi connectivity index (χ2n) is 4.74. The van der Waals surface area contributed by atoms with Gasteiger partial charge in [-0.3, -0.25) is 5.73 Å². The van der Waals surface area contributed by atoms with Crippen LogP contribution < -0.4 is 5.73 Å². The maximum atomic E-state index is 14.1. The molecule has 0 radical (unpaired) electrons. The van der Waals surface area contributed by atoms with Gasteiger partial charge >= 0.3 is 0 Å². The standard InChI is InChI=1S/C11H14FN5O4/c1-20-11(13)8-10(15-3-14-8)16-9(17-11)7-5(12)6(19)4(2-18)21-7/h3-7,18-19H,2,13H2,1H3/t4-,5+,6-,7-,11?/m1/s1. The lowest BCUT2D eigenvalue weighted by Gasteiger charge is -2.28. The molecule has 4 N–H and O–H groups in total. The molecular weight excluding hydrogens is 285 g/mol. The molecular formula is C11H14FN5O4. The smallest absolute Gasteiger partial charge is 0.263 e. The number of halogens is 1. The molecule has 3 heterocycles. The molecule has 0 aromatic carbocycles. The number of hydrogen-bond acceptors (Lipinski definition) is 9.